The average molecular weight is 431 g/mol. The van der Waals surface area contributed by atoms with Crippen LogP contribution in [0.25, 0.3) is 0 Å². The van der Waals surface area contributed by atoms with Crippen LogP contribution in [0.5, 0.6) is 0 Å². The first-order valence-electron chi connectivity index (χ1n) is 9.86. The van der Waals surface area contributed by atoms with Crippen molar-refractivity contribution in [3.63, 3.8) is 0 Å². The van der Waals surface area contributed by atoms with Crippen molar-refractivity contribution in [2.75, 3.05) is 0 Å². The van der Waals surface area contributed by atoms with Gasteiger partial charge in [0.2, 0.25) is 5.91 Å². The van der Waals surface area contributed by atoms with Gasteiger partial charge in [-0.3, -0.25) is 14.7 Å². The van der Waals surface area contributed by atoms with Crippen LogP contribution in [0.15, 0.2) is 41.5 Å². The van der Waals surface area contributed by atoms with Crippen molar-refractivity contribution in [3.8, 4) is 0 Å². The van der Waals surface area contributed by atoms with Gasteiger partial charge in [0.05, 0.1) is 23.8 Å². The number of rotatable bonds is 4. The van der Waals surface area contributed by atoms with E-state index < -0.39 is 17.0 Å². The normalized spacial score (nSPS) is 28.8. The van der Waals surface area contributed by atoms with E-state index in [-0.39, 0.29) is 24.3 Å². The van der Waals surface area contributed by atoms with Gasteiger partial charge in [-0.2, -0.15) is 0 Å². The van der Waals surface area contributed by atoms with E-state index in [2.05, 4.69) is 9.98 Å². The number of pyridine rings is 1. The highest BCUT2D eigenvalue weighted by molar-refractivity contribution is 6.32. The van der Waals surface area contributed by atoms with Crippen molar-refractivity contribution in [2.24, 2.45) is 10.7 Å². The molecule has 4 rings (SSSR count). The topological polar surface area (TPSA) is 91.8 Å². The van der Waals surface area contributed by atoms with Crippen LogP contribution < -0.4 is 5.73 Å². The standard InChI is InChI=1S/C22H24ClFN4O2/c1-21(30)9-16(10-21)28-18(29)11-22(2,27-20(28)25)17-5-3-4-13(19(17)23)8-15-7-6-14(24)12-26-15/h3-7,12,16,30H,8-11H2,1-2H3,(H2,25,27)/t16?,21?,22-/m0/s1. The summed E-state index contributed by atoms with van der Waals surface area (Å²) in [5.74, 6) is -0.378. The van der Waals surface area contributed by atoms with E-state index in [0.717, 1.165) is 5.56 Å². The van der Waals surface area contributed by atoms with Crippen molar-refractivity contribution >= 4 is 23.5 Å². The second kappa shape index (κ2) is 7.32. The Balaban J connectivity index is 1.62. The lowest BCUT2D eigenvalue weighted by molar-refractivity contribution is -0.138. The number of aliphatic imine (C=N–C) groups is 1. The van der Waals surface area contributed by atoms with E-state index >= 15 is 0 Å². The summed E-state index contributed by atoms with van der Waals surface area (Å²) in [6.45, 7) is 3.59. The van der Waals surface area contributed by atoms with Crippen molar-refractivity contribution in [1.82, 2.24) is 9.88 Å². The van der Waals surface area contributed by atoms with Crippen LogP contribution in [-0.2, 0) is 16.8 Å². The number of aliphatic hydroxyl groups is 1. The number of carbonyl (C=O) groups is 1. The van der Waals surface area contributed by atoms with Crippen LogP contribution in [0.2, 0.25) is 5.02 Å². The number of hydrogen-bond acceptors (Lipinski definition) is 5. The number of nitrogens with two attached hydrogens (primary N) is 1. The van der Waals surface area contributed by atoms with Gasteiger partial charge in [-0.1, -0.05) is 29.8 Å². The van der Waals surface area contributed by atoms with E-state index in [4.69, 9.17) is 17.3 Å². The van der Waals surface area contributed by atoms with Gasteiger partial charge in [0.1, 0.15) is 5.82 Å². The smallest absolute Gasteiger partial charge is 0.232 e. The molecule has 3 N–H and O–H groups in total. The third kappa shape index (κ3) is 3.79. The molecule has 1 atom stereocenters. The van der Waals surface area contributed by atoms with E-state index in [1.807, 2.05) is 25.1 Å². The molecule has 1 aromatic heterocycles. The number of amides is 1. The highest BCUT2D eigenvalue weighted by atomic mass is 35.5. The molecule has 1 amide bonds. The lowest BCUT2D eigenvalue weighted by Gasteiger charge is -2.48. The summed E-state index contributed by atoms with van der Waals surface area (Å²) >= 11 is 6.71. The molecule has 30 heavy (non-hydrogen) atoms. The molecule has 0 unspecified atom stereocenters. The highest BCUT2D eigenvalue weighted by Crippen LogP contribution is 2.42. The van der Waals surface area contributed by atoms with Gasteiger partial charge in [0.15, 0.2) is 5.96 Å². The van der Waals surface area contributed by atoms with Gasteiger partial charge in [0, 0.05) is 23.2 Å². The quantitative estimate of drug-likeness (QED) is 0.779. The van der Waals surface area contributed by atoms with Gasteiger partial charge >= 0.3 is 0 Å². The van der Waals surface area contributed by atoms with Gasteiger partial charge in [-0.15, -0.1) is 0 Å². The fourth-order valence-corrected chi connectivity index (χ4v) is 4.77. The van der Waals surface area contributed by atoms with E-state index in [9.17, 15) is 14.3 Å². The minimum absolute atomic E-state index is 0.129. The molecule has 158 valence electrons. The zero-order chi connectivity index (χ0) is 21.7. The maximum Gasteiger partial charge on any atom is 0.232 e. The van der Waals surface area contributed by atoms with Crippen LogP contribution >= 0.6 is 11.6 Å². The first kappa shape index (κ1) is 20.8. The van der Waals surface area contributed by atoms with Crippen LogP contribution in [-0.4, -0.2) is 38.5 Å². The summed E-state index contributed by atoms with van der Waals surface area (Å²) in [5.41, 5.74) is 6.74. The van der Waals surface area contributed by atoms with Gasteiger partial charge in [-0.25, -0.2) is 9.38 Å². The second-order valence-corrected chi connectivity index (χ2v) is 9.04. The van der Waals surface area contributed by atoms with Crippen LogP contribution in [0.3, 0.4) is 0 Å². The van der Waals surface area contributed by atoms with Crippen molar-refractivity contribution in [2.45, 2.75) is 56.7 Å². The molecule has 1 aliphatic carbocycles. The summed E-state index contributed by atoms with van der Waals surface area (Å²) in [6.07, 6.45) is 2.69. The fourth-order valence-electron chi connectivity index (χ4n) is 4.38. The Hall–Kier alpha value is -2.51. The summed E-state index contributed by atoms with van der Waals surface area (Å²) in [6, 6.07) is 8.42. The van der Waals surface area contributed by atoms with Crippen LogP contribution in [0.4, 0.5) is 4.39 Å². The number of carbonyl (C=O) groups excluding carboxylic acids is 1. The van der Waals surface area contributed by atoms with Crippen molar-refractivity contribution in [1.29, 1.82) is 0 Å². The summed E-state index contributed by atoms with van der Waals surface area (Å²) in [7, 11) is 0. The Morgan fingerprint density at radius 3 is 2.63 bits per heavy atom. The predicted molar refractivity (Wildman–Crippen MR) is 113 cm³/mol. The lowest BCUT2D eigenvalue weighted by atomic mass is 9.75. The molecule has 0 radical (unpaired) electrons. The molecule has 1 aromatic carbocycles. The molecule has 2 aromatic rings. The van der Waals surface area contributed by atoms with Gasteiger partial charge in [-0.05, 0) is 49.9 Å². The molecule has 6 nitrogen and oxygen atoms in total. The molecular weight excluding hydrogens is 407 g/mol. The lowest BCUT2D eigenvalue weighted by Crippen LogP contribution is -2.61. The third-order valence-electron chi connectivity index (χ3n) is 5.91. The number of nitrogens with zero attached hydrogens (tertiary/aromatic N) is 3. The maximum absolute atomic E-state index is 13.1. The molecule has 0 spiro atoms. The third-order valence-corrected chi connectivity index (χ3v) is 6.35. The van der Waals surface area contributed by atoms with Gasteiger partial charge in [0.25, 0.3) is 0 Å². The number of hydrogen-bond donors (Lipinski definition) is 2. The maximum atomic E-state index is 13.1. The Kier molecular flexibility index (Phi) is 5.06. The Morgan fingerprint density at radius 2 is 2.03 bits per heavy atom. The summed E-state index contributed by atoms with van der Waals surface area (Å²) in [4.78, 5) is 23.2. The zero-order valence-corrected chi connectivity index (χ0v) is 17.7. The second-order valence-electron chi connectivity index (χ2n) is 8.67. The molecule has 2 heterocycles. The Morgan fingerprint density at radius 1 is 1.30 bits per heavy atom. The summed E-state index contributed by atoms with van der Waals surface area (Å²) in [5, 5.41) is 10.5. The Labute approximate surface area is 179 Å². The molecular formula is C22H24ClFN4O2. The van der Waals surface area contributed by atoms with E-state index in [1.54, 1.807) is 13.0 Å². The van der Waals surface area contributed by atoms with Crippen LogP contribution in [0, 0.1) is 5.82 Å². The van der Waals surface area contributed by atoms with Crippen molar-refractivity contribution < 1.29 is 14.3 Å². The van der Waals surface area contributed by atoms with Crippen molar-refractivity contribution in [3.05, 3.63) is 64.2 Å². The monoisotopic (exact) mass is 430 g/mol. The largest absolute Gasteiger partial charge is 0.390 e. The van der Waals surface area contributed by atoms with E-state index in [0.29, 0.717) is 35.5 Å². The Bertz CT molecular complexity index is 1020. The molecule has 0 saturated heterocycles. The predicted octanol–water partition coefficient (Wildman–Crippen LogP) is 3.14. The van der Waals surface area contributed by atoms with Crippen LogP contribution in [0.1, 0.15) is 49.9 Å². The number of guanidine groups is 1. The number of benzene rings is 1. The first-order chi connectivity index (χ1) is 14.1. The molecule has 1 saturated carbocycles. The molecule has 2 aliphatic rings. The minimum atomic E-state index is -0.896. The SMILES string of the molecule is CC1(O)CC(N2C(=O)C[C@@](C)(c3cccc(Cc4ccc(F)cn4)c3Cl)N=C2N)C1. The minimum Gasteiger partial charge on any atom is -0.390 e. The number of aromatic nitrogens is 1. The summed E-state index contributed by atoms with van der Waals surface area (Å²) < 4.78 is 13.1. The molecule has 8 heteroatoms. The molecule has 1 aliphatic heterocycles. The highest BCUT2D eigenvalue weighted by Gasteiger charge is 2.48. The fraction of sp³-hybridized carbons (Fsp3) is 0.409. The zero-order valence-electron chi connectivity index (χ0n) is 16.9. The van der Waals surface area contributed by atoms with Gasteiger partial charge < -0.3 is 10.8 Å². The average Bonchev–Trinajstić information content (AvgIpc) is 2.63. The number of halogens is 2. The molecule has 0 bridgehead atoms. The first-order valence-corrected chi connectivity index (χ1v) is 10.2. The molecule has 1 fully saturated rings. The van der Waals surface area contributed by atoms with E-state index in [1.165, 1.54) is 17.2 Å².